The first-order valence-corrected chi connectivity index (χ1v) is 6.78. The smallest absolute Gasteiger partial charge is 0.0442 e. The second kappa shape index (κ2) is 6.64. The van der Waals surface area contributed by atoms with Crippen LogP contribution in [0.5, 0.6) is 0 Å². The van der Waals surface area contributed by atoms with Gasteiger partial charge >= 0.3 is 0 Å². The normalized spacial score (nSPS) is 9.14. The molecule has 0 fully saturated rings. The highest BCUT2D eigenvalue weighted by Gasteiger charge is 2.11. The molecule has 0 spiro atoms. The largest absolute Gasteiger partial charge is 0.377 e. The molecule has 1 aromatic carbocycles. The van der Waals surface area contributed by atoms with Gasteiger partial charge in [-0.2, -0.15) is 0 Å². The Balaban J connectivity index is 2.72. The Kier molecular flexibility index (Phi) is 4.64. The summed E-state index contributed by atoms with van der Waals surface area (Å²) in [7, 11) is 4.07. The summed E-state index contributed by atoms with van der Waals surface area (Å²) in [5, 5.41) is 0. The lowest BCUT2D eigenvalue weighted by atomic mass is 9.98. The molecule has 0 N–H and O–H groups in total. The van der Waals surface area contributed by atoms with E-state index >= 15 is 0 Å². The number of rotatable bonds is 2. The molecule has 2 heteroatoms. The number of pyridine rings is 1. The first-order valence-electron chi connectivity index (χ1n) is 6.78. The Bertz CT molecular complexity index is 765. The topological polar surface area (TPSA) is 16.1 Å². The van der Waals surface area contributed by atoms with E-state index in [4.69, 9.17) is 0 Å². The molecule has 0 saturated heterocycles. The predicted octanol–water partition coefficient (Wildman–Crippen LogP) is 3.56. The van der Waals surface area contributed by atoms with Gasteiger partial charge in [0.1, 0.15) is 0 Å². The van der Waals surface area contributed by atoms with Crippen molar-refractivity contribution in [3.63, 3.8) is 0 Å². The third kappa shape index (κ3) is 3.25. The van der Waals surface area contributed by atoms with Crippen LogP contribution in [0.1, 0.15) is 25.0 Å². The summed E-state index contributed by atoms with van der Waals surface area (Å²) in [6.07, 6.45) is 3.64. The molecule has 1 aromatic heterocycles. The second-order valence-electron chi connectivity index (χ2n) is 4.80. The van der Waals surface area contributed by atoms with Gasteiger partial charge in [0.15, 0.2) is 0 Å². The molecule has 21 heavy (non-hydrogen) atoms. The van der Waals surface area contributed by atoms with Crippen LogP contribution in [0.4, 0.5) is 5.69 Å². The first-order chi connectivity index (χ1) is 10.2. The van der Waals surface area contributed by atoms with Crippen molar-refractivity contribution in [2.24, 2.45) is 0 Å². The number of aromatic nitrogens is 1. The van der Waals surface area contributed by atoms with Crippen molar-refractivity contribution in [1.82, 2.24) is 4.98 Å². The minimum Gasteiger partial charge on any atom is -0.377 e. The van der Waals surface area contributed by atoms with Crippen LogP contribution < -0.4 is 4.90 Å². The van der Waals surface area contributed by atoms with Crippen LogP contribution in [0.25, 0.3) is 11.1 Å². The molecule has 0 radical (unpaired) electrons. The molecule has 0 unspecified atom stereocenters. The van der Waals surface area contributed by atoms with E-state index < -0.39 is 0 Å². The van der Waals surface area contributed by atoms with Gasteiger partial charge in [-0.1, -0.05) is 11.8 Å². The fourth-order valence-electron chi connectivity index (χ4n) is 2.22. The Morgan fingerprint density at radius 2 is 1.71 bits per heavy atom. The van der Waals surface area contributed by atoms with Crippen LogP contribution in [0.2, 0.25) is 0 Å². The monoisotopic (exact) mass is 274 g/mol. The van der Waals surface area contributed by atoms with E-state index in [0.29, 0.717) is 0 Å². The van der Waals surface area contributed by atoms with Gasteiger partial charge in [0, 0.05) is 54.4 Å². The zero-order chi connectivity index (χ0) is 15.2. The Hall–Kier alpha value is -2.71. The van der Waals surface area contributed by atoms with Crippen LogP contribution in [0.3, 0.4) is 0 Å². The van der Waals surface area contributed by atoms with Gasteiger partial charge in [-0.3, -0.25) is 4.98 Å². The van der Waals surface area contributed by atoms with Gasteiger partial charge in [-0.25, -0.2) is 0 Å². The molecule has 2 nitrogen and oxygen atoms in total. The summed E-state index contributed by atoms with van der Waals surface area (Å²) in [4.78, 5) is 6.35. The Labute approximate surface area is 126 Å². The molecule has 2 aromatic rings. The molecule has 0 aliphatic rings. The van der Waals surface area contributed by atoms with Gasteiger partial charge in [-0.05, 0) is 38.1 Å². The SMILES string of the molecule is CC#Cc1ccc(N(C)C)c(-c2cnccc2C#CC)c1. The van der Waals surface area contributed by atoms with Crippen molar-refractivity contribution in [2.45, 2.75) is 13.8 Å². The van der Waals surface area contributed by atoms with Crippen LogP contribution in [0.15, 0.2) is 36.7 Å². The van der Waals surface area contributed by atoms with Crippen molar-refractivity contribution < 1.29 is 0 Å². The van der Waals surface area contributed by atoms with E-state index in [-0.39, 0.29) is 0 Å². The van der Waals surface area contributed by atoms with Crippen molar-refractivity contribution in [2.75, 3.05) is 19.0 Å². The predicted molar refractivity (Wildman–Crippen MR) is 89.1 cm³/mol. The summed E-state index contributed by atoms with van der Waals surface area (Å²) in [5.41, 5.74) is 5.25. The van der Waals surface area contributed by atoms with Gasteiger partial charge in [0.2, 0.25) is 0 Å². The molecule has 0 aliphatic carbocycles. The quantitative estimate of drug-likeness (QED) is 0.778. The van der Waals surface area contributed by atoms with Crippen molar-refractivity contribution in [1.29, 1.82) is 0 Å². The van der Waals surface area contributed by atoms with Crippen molar-refractivity contribution >= 4 is 5.69 Å². The lowest BCUT2D eigenvalue weighted by Gasteiger charge is -2.18. The molecular formula is C19H18N2. The maximum absolute atomic E-state index is 4.26. The minimum atomic E-state index is 0.984. The highest BCUT2D eigenvalue weighted by Crippen LogP contribution is 2.32. The molecular weight excluding hydrogens is 256 g/mol. The highest BCUT2D eigenvalue weighted by molar-refractivity contribution is 5.82. The summed E-state index contributed by atoms with van der Waals surface area (Å²) in [5.74, 6) is 12.2. The molecule has 104 valence electrons. The van der Waals surface area contributed by atoms with Gasteiger partial charge < -0.3 is 4.90 Å². The van der Waals surface area contributed by atoms with Crippen LogP contribution in [-0.4, -0.2) is 19.1 Å². The molecule has 1 heterocycles. The fourth-order valence-corrected chi connectivity index (χ4v) is 2.22. The highest BCUT2D eigenvalue weighted by atomic mass is 15.1. The van der Waals surface area contributed by atoms with Crippen LogP contribution >= 0.6 is 0 Å². The number of benzene rings is 1. The number of nitrogens with zero attached hydrogens (tertiary/aromatic N) is 2. The fraction of sp³-hybridized carbons (Fsp3) is 0.211. The maximum Gasteiger partial charge on any atom is 0.0442 e. The average molecular weight is 274 g/mol. The average Bonchev–Trinajstić information content (AvgIpc) is 2.48. The van der Waals surface area contributed by atoms with Gasteiger partial charge in [-0.15, -0.1) is 11.8 Å². The molecule has 2 rings (SSSR count). The van der Waals surface area contributed by atoms with E-state index in [1.807, 2.05) is 46.3 Å². The Morgan fingerprint density at radius 1 is 0.952 bits per heavy atom. The second-order valence-corrected chi connectivity index (χ2v) is 4.80. The summed E-state index contributed by atoms with van der Waals surface area (Å²) in [6.45, 7) is 3.69. The van der Waals surface area contributed by atoms with E-state index in [1.54, 1.807) is 6.20 Å². The number of hydrogen-bond acceptors (Lipinski definition) is 2. The first kappa shape index (κ1) is 14.7. The minimum absolute atomic E-state index is 0.984. The Morgan fingerprint density at radius 3 is 2.38 bits per heavy atom. The van der Waals surface area contributed by atoms with E-state index in [9.17, 15) is 0 Å². The van der Waals surface area contributed by atoms with Gasteiger partial charge in [0.05, 0.1) is 0 Å². The van der Waals surface area contributed by atoms with E-state index in [0.717, 1.165) is 27.9 Å². The zero-order valence-electron chi connectivity index (χ0n) is 12.9. The summed E-state index contributed by atoms with van der Waals surface area (Å²) in [6, 6.07) is 8.18. The van der Waals surface area contributed by atoms with Crippen molar-refractivity contribution in [3.05, 3.63) is 47.8 Å². The lowest BCUT2D eigenvalue weighted by molar-refractivity contribution is 1.13. The van der Waals surface area contributed by atoms with Crippen molar-refractivity contribution in [3.8, 4) is 34.8 Å². The number of anilines is 1. The van der Waals surface area contributed by atoms with Crippen LogP contribution in [-0.2, 0) is 0 Å². The standard InChI is InChI=1S/C19H18N2/c1-5-7-15-9-10-19(21(3)4)17(13-15)18-14-20-12-11-16(18)8-6-2/h9-14H,1-4H3. The zero-order valence-corrected chi connectivity index (χ0v) is 12.9. The number of hydrogen-bond donors (Lipinski definition) is 0. The van der Waals surface area contributed by atoms with E-state index in [2.05, 4.69) is 45.7 Å². The van der Waals surface area contributed by atoms with E-state index in [1.165, 1.54) is 0 Å². The molecule has 0 amide bonds. The van der Waals surface area contributed by atoms with Gasteiger partial charge in [0.25, 0.3) is 0 Å². The van der Waals surface area contributed by atoms with Crippen LogP contribution in [0, 0.1) is 23.7 Å². The summed E-state index contributed by atoms with van der Waals surface area (Å²) >= 11 is 0. The molecule has 0 aliphatic heterocycles. The molecule has 0 bridgehead atoms. The molecule has 0 saturated carbocycles. The third-order valence-corrected chi connectivity index (χ3v) is 3.12. The summed E-state index contributed by atoms with van der Waals surface area (Å²) < 4.78 is 0. The third-order valence-electron chi connectivity index (χ3n) is 3.12. The maximum atomic E-state index is 4.26. The molecule has 0 atom stereocenters. The lowest BCUT2D eigenvalue weighted by Crippen LogP contribution is -2.10.